The van der Waals surface area contributed by atoms with Crippen LogP contribution < -0.4 is 5.73 Å². The molecule has 1 unspecified atom stereocenters. The number of likely N-dealkylation sites (N-methyl/N-ethyl adjacent to an activating group) is 1. The Hall–Kier alpha value is -0.160. The predicted octanol–water partition coefficient (Wildman–Crippen LogP) is 0.624. The van der Waals surface area contributed by atoms with Gasteiger partial charge in [-0.05, 0) is 25.9 Å². The molecule has 0 aromatic carbocycles. The maximum atomic E-state index is 6.05. The highest BCUT2D eigenvalue weighted by Crippen LogP contribution is 2.04. The van der Waals surface area contributed by atoms with Gasteiger partial charge in [-0.2, -0.15) is 0 Å². The van der Waals surface area contributed by atoms with Crippen LogP contribution in [0.25, 0.3) is 0 Å². The molecule has 0 spiro atoms. The van der Waals surface area contributed by atoms with Crippen LogP contribution in [0.1, 0.15) is 20.3 Å². The standard InChI is InChI=1S/C13H29N3O/c1-12(2)13(14)4-5-15(3)6-7-16-8-10-17-11-9-16/h12-13H,4-11,14H2,1-3H3. The van der Waals surface area contributed by atoms with Gasteiger partial charge in [0.25, 0.3) is 0 Å². The minimum absolute atomic E-state index is 0.334. The first-order chi connectivity index (χ1) is 8.09. The third kappa shape index (κ3) is 6.36. The minimum atomic E-state index is 0.334. The van der Waals surface area contributed by atoms with E-state index in [1.807, 2.05) is 0 Å². The fourth-order valence-corrected chi connectivity index (χ4v) is 1.95. The number of nitrogens with two attached hydrogens (primary N) is 1. The summed E-state index contributed by atoms with van der Waals surface area (Å²) >= 11 is 0. The van der Waals surface area contributed by atoms with E-state index < -0.39 is 0 Å². The lowest BCUT2D eigenvalue weighted by atomic mass is 10.0. The fraction of sp³-hybridized carbons (Fsp3) is 1.00. The molecule has 0 radical (unpaired) electrons. The van der Waals surface area contributed by atoms with Crippen LogP contribution in [0.15, 0.2) is 0 Å². The molecular formula is C13H29N3O. The largest absolute Gasteiger partial charge is 0.379 e. The van der Waals surface area contributed by atoms with E-state index in [-0.39, 0.29) is 0 Å². The van der Waals surface area contributed by atoms with Crippen LogP contribution in [0.5, 0.6) is 0 Å². The molecule has 4 nitrogen and oxygen atoms in total. The smallest absolute Gasteiger partial charge is 0.0594 e. The zero-order valence-corrected chi connectivity index (χ0v) is 11.7. The van der Waals surface area contributed by atoms with Crippen LogP contribution in [-0.2, 0) is 4.74 Å². The van der Waals surface area contributed by atoms with Crippen LogP contribution in [-0.4, -0.2) is 68.8 Å². The molecule has 1 rings (SSSR count). The molecule has 0 aromatic rings. The van der Waals surface area contributed by atoms with Gasteiger partial charge in [-0.1, -0.05) is 13.8 Å². The number of morpholine rings is 1. The van der Waals surface area contributed by atoms with Gasteiger partial charge in [0.15, 0.2) is 0 Å². The monoisotopic (exact) mass is 243 g/mol. The zero-order valence-electron chi connectivity index (χ0n) is 11.7. The first kappa shape index (κ1) is 14.9. The van der Waals surface area contributed by atoms with E-state index in [0.29, 0.717) is 12.0 Å². The molecule has 4 heteroatoms. The molecule has 1 fully saturated rings. The van der Waals surface area contributed by atoms with Crippen LogP contribution in [0.2, 0.25) is 0 Å². The van der Waals surface area contributed by atoms with Crippen molar-refractivity contribution in [3.05, 3.63) is 0 Å². The Morgan fingerprint density at radius 2 is 1.88 bits per heavy atom. The maximum Gasteiger partial charge on any atom is 0.0594 e. The van der Waals surface area contributed by atoms with Gasteiger partial charge in [0.05, 0.1) is 13.2 Å². The third-order valence-corrected chi connectivity index (χ3v) is 3.60. The van der Waals surface area contributed by atoms with Gasteiger partial charge >= 0.3 is 0 Å². The van der Waals surface area contributed by atoms with Gasteiger partial charge in [0, 0.05) is 32.2 Å². The van der Waals surface area contributed by atoms with Gasteiger partial charge in [0.2, 0.25) is 0 Å². The summed E-state index contributed by atoms with van der Waals surface area (Å²) in [6.45, 7) is 11.7. The van der Waals surface area contributed by atoms with Crippen molar-refractivity contribution in [1.29, 1.82) is 0 Å². The van der Waals surface area contributed by atoms with E-state index in [1.165, 1.54) is 0 Å². The van der Waals surface area contributed by atoms with Gasteiger partial charge in [-0.25, -0.2) is 0 Å². The lowest BCUT2D eigenvalue weighted by Gasteiger charge is -2.29. The van der Waals surface area contributed by atoms with Crippen LogP contribution in [0, 0.1) is 5.92 Å². The molecule has 1 aliphatic rings. The molecule has 17 heavy (non-hydrogen) atoms. The van der Waals surface area contributed by atoms with Gasteiger partial charge in [-0.15, -0.1) is 0 Å². The molecule has 0 aromatic heterocycles. The average Bonchev–Trinajstić information content (AvgIpc) is 2.34. The quantitative estimate of drug-likeness (QED) is 0.712. The van der Waals surface area contributed by atoms with Crippen molar-refractivity contribution in [2.45, 2.75) is 26.3 Å². The molecule has 0 aliphatic carbocycles. The van der Waals surface area contributed by atoms with E-state index in [4.69, 9.17) is 10.5 Å². The minimum Gasteiger partial charge on any atom is -0.379 e. The molecule has 1 atom stereocenters. The van der Waals surface area contributed by atoms with E-state index >= 15 is 0 Å². The first-order valence-corrected chi connectivity index (χ1v) is 6.84. The average molecular weight is 243 g/mol. The summed E-state index contributed by atoms with van der Waals surface area (Å²) < 4.78 is 5.34. The summed E-state index contributed by atoms with van der Waals surface area (Å²) in [5.41, 5.74) is 6.05. The Kier molecular flexibility index (Phi) is 7.04. The Labute approximate surface area is 106 Å². The van der Waals surface area contributed by atoms with Crippen molar-refractivity contribution in [1.82, 2.24) is 9.80 Å². The third-order valence-electron chi connectivity index (χ3n) is 3.60. The van der Waals surface area contributed by atoms with E-state index in [1.54, 1.807) is 0 Å². The highest BCUT2D eigenvalue weighted by atomic mass is 16.5. The zero-order chi connectivity index (χ0) is 12.7. The summed E-state index contributed by atoms with van der Waals surface area (Å²) in [4.78, 5) is 4.86. The number of nitrogens with zero attached hydrogens (tertiary/aromatic N) is 2. The first-order valence-electron chi connectivity index (χ1n) is 6.84. The van der Waals surface area contributed by atoms with E-state index in [0.717, 1.165) is 52.4 Å². The predicted molar refractivity (Wildman–Crippen MR) is 72.2 cm³/mol. The molecule has 2 N–H and O–H groups in total. The molecule has 0 bridgehead atoms. The fourth-order valence-electron chi connectivity index (χ4n) is 1.95. The van der Waals surface area contributed by atoms with Gasteiger partial charge in [-0.3, -0.25) is 4.90 Å². The van der Waals surface area contributed by atoms with Gasteiger partial charge in [0.1, 0.15) is 0 Å². The van der Waals surface area contributed by atoms with Crippen LogP contribution in [0.4, 0.5) is 0 Å². The SMILES string of the molecule is CC(C)C(N)CCN(C)CCN1CCOCC1. The molecule has 0 amide bonds. The number of hydrogen-bond acceptors (Lipinski definition) is 4. The van der Waals surface area contributed by atoms with Crippen molar-refractivity contribution >= 4 is 0 Å². The lowest BCUT2D eigenvalue weighted by molar-refractivity contribution is 0.0343. The van der Waals surface area contributed by atoms with Crippen molar-refractivity contribution in [2.75, 3.05) is 53.0 Å². The molecule has 0 saturated carbocycles. The van der Waals surface area contributed by atoms with E-state index in [9.17, 15) is 0 Å². The second-order valence-electron chi connectivity index (χ2n) is 5.45. The molecule has 1 aliphatic heterocycles. The van der Waals surface area contributed by atoms with Crippen molar-refractivity contribution in [3.63, 3.8) is 0 Å². The number of ether oxygens (including phenoxy) is 1. The number of rotatable bonds is 7. The summed E-state index contributed by atoms with van der Waals surface area (Å²) in [7, 11) is 2.19. The second kappa shape index (κ2) is 8.03. The highest BCUT2D eigenvalue weighted by molar-refractivity contribution is 4.69. The summed E-state index contributed by atoms with van der Waals surface area (Å²) in [5.74, 6) is 0.586. The van der Waals surface area contributed by atoms with E-state index in [2.05, 4.69) is 30.7 Å². The maximum absolute atomic E-state index is 6.05. The van der Waals surface area contributed by atoms with Crippen molar-refractivity contribution in [3.8, 4) is 0 Å². The summed E-state index contributed by atoms with van der Waals surface area (Å²) in [5, 5.41) is 0. The lowest BCUT2D eigenvalue weighted by Crippen LogP contribution is -2.41. The summed E-state index contributed by atoms with van der Waals surface area (Å²) in [6.07, 6.45) is 1.09. The van der Waals surface area contributed by atoms with Crippen LogP contribution in [0.3, 0.4) is 0 Å². The van der Waals surface area contributed by atoms with Crippen LogP contribution >= 0.6 is 0 Å². The highest BCUT2D eigenvalue weighted by Gasteiger charge is 2.12. The second-order valence-corrected chi connectivity index (χ2v) is 5.45. The molecule has 1 heterocycles. The normalized spacial score (nSPS) is 20.1. The topological polar surface area (TPSA) is 41.7 Å². The van der Waals surface area contributed by atoms with Crippen molar-refractivity contribution < 1.29 is 4.74 Å². The Bertz CT molecular complexity index is 193. The molecular weight excluding hydrogens is 214 g/mol. The Morgan fingerprint density at radius 1 is 1.24 bits per heavy atom. The summed E-state index contributed by atoms with van der Waals surface area (Å²) in [6, 6.07) is 0.334. The Balaban J connectivity index is 2.05. The Morgan fingerprint density at radius 3 is 2.47 bits per heavy atom. The molecule has 1 saturated heterocycles. The van der Waals surface area contributed by atoms with Gasteiger partial charge < -0.3 is 15.4 Å². The number of hydrogen-bond donors (Lipinski definition) is 1. The van der Waals surface area contributed by atoms with Crippen molar-refractivity contribution in [2.24, 2.45) is 11.7 Å². The molecule has 102 valence electrons.